The van der Waals surface area contributed by atoms with Gasteiger partial charge in [-0.05, 0) is 36.8 Å². The summed E-state index contributed by atoms with van der Waals surface area (Å²) in [6.07, 6.45) is 4.40. The summed E-state index contributed by atoms with van der Waals surface area (Å²) in [7, 11) is 0. The monoisotopic (exact) mass is 401 g/mol. The number of rotatable bonds is 2. The molecule has 0 radical (unpaired) electrons. The first-order valence-electron chi connectivity index (χ1n) is 7.92. The first kappa shape index (κ1) is 16.1. The summed E-state index contributed by atoms with van der Waals surface area (Å²) in [5.74, 6) is 0.246. The molecular weight excluding hydrogens is 386 g/mol. The molecule has 1 fully saturated rings. The van der Waals surface area contributed by atoms with Gasteiger partial charge in [0.15, 0.2) is 5.54 Å². The smallest absolute Gasteiger partial charge is 0.322 e. The molecule has 2 aliphatic heterocycles. The number of fused-ring (bicyclic) bond motifs is 2. The molecule has 1 saturated heterocycles. The lowest BCUT2D eigenvalue weighted by Gasteiger charge is -2.44. The lowest BCUT2D eigenvalue weighted by Crippen LogP contribution is -2.55. The summed E-state index contributed by atoms with van der Waals surface area (Å²) in [6.45, 7) is 1.95. The fourth-order valence-electron chi connectivity index (χ4n) is 3.72. The van der Waals surface area contributed by atoms with Crippen LogP contribution in [0.4, 0.5) is 4.79 Å². The maximum absolute atomic E-state index is 12.7. The van der Waals surface area contributed by atoms with Crippen LogP contribution in [0.1, 0.15) is 24.5 Å². The molecule has 2 aliphatic rings. The Morgan fingerprint density at radius 1 is 1.32 bits per heavy atom. The Morgan fingerprint density at radius 2 is 2.16 bits per heavy atom. The van der Waals surface area contributed by atoms with Gasteiger partial charge in [0.25, 0.3) is 5.91 Å². The largest absolute Gasteiger partial charge is 0.487 e. The highest BCUT2D eigenvalue weighted by Crippen LogP contribution is 2.47. The molecule has 2 aromatic rings. The van der Waals surface area contributed by atoms with E-state index in [1.807, 2.05) is 37.3 Å². The molecule has 0 bridgehead atoms. The number of imide groups is 1. The van der Waals surface area contributed by atoms with E-state index in [1.165, 1.54) is 0 Å². The molecule has 2 N–H and O–H groups in total. The van der Waals surface area contributed by atoms with Crippen LogP contribution in [0.15, 0.2) is 47.2 Å². The number of nitrogens with one attached hydrogen (secondary N) is 2. The van der Waals surface area contributed by atoms with Gasteiger partial charge in [0.1, 0.15) is 11.4 Å². The number of urea groups is 1. The van der Waals surface area contributed by atoms with Gasteiger partial charge < -0.3 is 10.1 Å². The number of carbonyl (C=O) groups excluding carboxylic acids is 2. The zero-order valence-corrected chi connectivity index (χ0v) is 15.1. The van der Waals surface area contributed by atoms with Gasteiger partial charge in [-0.25, -0.2) is 4.79 Å². The summed E-state index contributed by atoms with van der Waals surface area (Å²) in [6, 6.07) is 8.85. The highest BCUT2D eigenvalue weighted by molar-refractivity contribution is 9.10. The lowest BCUT2D eigenvalue weighted by atomic mass is 9.75. The third-order valence-electron chi connectivity index (χ3n) is 4.64. The Labute approximate surface area is 153 Å². The van der Waals surface area contributed by atoms with Crippen molar-refractivity contribution in [2.75, 3.05) is 0 Å². The molecule has 4 rings (SSSR count). The predicted octanol–water partition coefficient (Wildman–Crippen LogP) is 2.66. The summed E-state index contributed by atoms with van der Waals surface area (Å²) < 4.78 is 7.09. The van der Waals surface area contributed by atoms with Crippen molar-refractivity contribution in [1.29, 1.82) is 0 Å². The molecule has 7 heteroatoms. The van der Waals surface area contributed by atoms with Gasteiger partial charge in [0.2, 0.25) is 0 Å². The second kappa shape index (κ2) is 5.56. The first-order valence-corrected chi connectivity index (χ1v) is 8.71. The van der Waals surface area contributed by atoms with Gasteiger partial charge in [-0.15, -0.1) is 0 Å². The number of amides is 3. The average Bonchev–Trinajstić information content (AvgIpc) is 2.83. The van der Waals surface area contributed by atoms with Gasteiger partial charge >= 0.3 is 6.03 Å². The van der Waals surface area contributed by atoms with E-state index in [4.69, 9.17) is 4.74 Å². The molecule has 0 aliphatic carbocycles. The molecule has 3 amide bonds. The summed E-state index contributed by atoms with van der Waals surface area (Å²) in [5.41, 5.74) is -0.135. The minimum absolute atomic E-state index is 0.329. The number of benzene rings is 1. The minimum atomic E-state index is -1.13. The standard InChI is InChI=1S/C18H16BrN3O3/c1-17(8-11-3-2-6-20-9-11)10-18(15(23)21-16(24)22-18)13-7-12(19)4-5-14(13)25-17/h2-7,9H,8,10H2,1H3,(H2,21,22,23,24). The molecule has 0 saturated carbocycles. The summed E-state index contributed by atoms with van der Waals surface area (Å²) in [4.78, 5) is 28.7. The van der Waals surface area contributed by atoms with Gasteiger partial charge in [0.05, 0.1) is 0 Å². The molecule has 2 atom stereocenters. The van der Waals surface area contributed by atoms with Crippen LogP contribution in [0.25, 0.3) is 0 Å². The second-order valence-electron chi connectivity index (χ2n) is 6.72. The molecule has 1 spiro atoms. The Kier molecular flexibility index (Phi) is 3.57. The number of aromatic nitrogens is 1. The number of ether oxygens (including phenoxy) is 1. The first-order chi connectivity index (χ1) is 11.9. The third kappa shape index (κ3) is 2.68. The number of hydrogen-bond donors (Lipinski definition) is 2. The fraction of sp³-hybridized carbons (Fsp3) is 0.278. The van der Waals surface area contributed by atoms with Crippen molar-refractivity contribution in [2.45, 2.75) is 30.9 Å². The molecular formula is C18H16BrN3O3. The van der Waals surface area contributed by atoms with Crippen LogP contribution >= 0.6 is 15.9 Å². The second-order valence-corrected chi connectivity index (χ2v) is 7.64. The fourth-order valence-corrected chi connectivity index (χ4v) is 4.08. The van der Waals surface area contributed by atoms with Crippen molar-refractivity contribution in [3.63, 3.8) is 0 Å². The Balaban J connectivity index is 1.80. The van der Waals surface area contributed by atoms with E-state index in [1.54, 1.807) is 12.4 Å². The SMILES string of the molecule is CC1(Cc2cccnc2)CC2(NC(=O)NC2=O)c2cc(Br)ccc2O1. The zero-order valence-electron chi connectivity index (χ0n) is 13.5. The normalized spacial score (nSPS) is 27.4. The number of carbonyl (C=O) groups is 2. The minimum Gasteiger partial charge on any atom is -0.487 e. The van der Waals surface area contributed by atoms with Crippen LogP contribution in [-0.4, -0.2) is 22.5 Å². The van der Waals surface area contributed by atoms with Gasteiger partial charge in [-0.1, -0.05) is 22.0 Å². The Bertz CT molecular complexity index is 873. The van der Waals surface area contributed by atoms with Crippen LogP contribution in [0.3, 0.4) is 0 Å². The Hall–Kier alpha value is -2.41. The van der Waals surface area contributed by atoms with Crippen LogP contribution in [-0.2, 0) is 16.8 Å². The molecule has 1 aromatic heterocycles. The van der Waals surface area contributed by atoms with E-state index >= 15 is 0 Å². The Morgan fingerprint density at radius 3 is 2.84 bits per heavy atom. The van der Waals surface area contributed by atoms with Crippen LogP contribution in [0, 0.1) is 0 Å². The molecule has 6 nitrogen and oxygen atoms in total. The average molecular weight is 402 g/mol. The van der Waals surface area contributed by atoms with E-state index < -0.39 is 17.2 Å². The third-order valence-corrected chi connectivity index (χ3v) is 5.13. The predicted molar refractivity (Wildman–Crippen MR) is 94.1 cm³/mol. The molecule has 25 heavy (non-hydrogen) atoms. The van der Waals surface area contributed by atoms with E-state index in [9.17, 15) is 9.59 Å². The van der Waals surface area contributed by atoms with Crippen molar-refractivity contribution in [2.24, 2.45) is 0 Å². The van der Waals surface area contributed by atoms with Gasteiger partial charge in [-0.3, -0.25) is 15.1 Å². The molecule has 128 valence electrons. The van der Waals surface area contributed by atoms with Crippen molar-refractivity contribution in [3.05, 3.63) is 58.3 Å². The topological polar surface area (TPSA) is 80.3 Å². The zero-order chi connectivity index (χ0) is 17.7. The van der Waals surface area contributed by atoms with Crippen molar-refractivity contribution >= 4 is 27.9 Å². The van der Waals surface area contributed by atoms with Crippen LogP contribution in [0.5, 0.6) is 5.75 Å². The summed E-state index contributed by atoms with van der Waals surface area (Å²) in [5, 5.41) is 5.19. The lowest BCUT2D eigenvalue weighted by molar-refractivity contribution is -0.127. The van der Waals surface area contributed by atoms with Crippen LogP contribution in [0.2, 0.25) is 0 Å². The maximum atomic E-state index is 12.7. The van der Waals surface area contributed by atoms with Crippen LogP contribution < -0.4 is 15.4 Å². The molecule has 3 heterocycles. The van der Waals surface area contributed by atoms with Gasteiger partial charge in [-0.2, -0.15) is 0 Å². The molecule has 1 aromatic carbocycles. The van der Waals surface area contributed by atoms with Crippen molar-refractivity contribution < 1.29 is 14.3 Å². The van der Waals surface area contributed by atoms with Crippen molar-refractivity contribution in [3.8, 4) is 5.75 Å². The molecule has 2 unspecified atom stereocenters. The number of pyridine rings is 1. The van der Waals surface area contributed by atoms with E-state index in [0.717, 1.165) is 10.0 Å². The quantitative estimate of drug-likeness (QED) is 0.757. The van der Waals surface area contributed by atoms with Gasteiger partial charge in [0, 0.05) is 35.3 Å². The van der Waals surface area contributed by atoms with Crippen molar-refractivity contribution in [1.82, 2.24) is 15.6 Å². The highest BCUT2D eigenvalue weighted by Gasteiger charge is 2.56. The number of nitrogens with zero attached hydrogens (tertiary/aromatic N) is 1. The number of hydrogen-bond acceptors (Lipinski definition) is 4. The van der Waals surface area contributed by atoms with E-state index in [-0.39, 0.29) is 5.91 Å². The van der Waals surface area contributed by atoms with E-state index in [2.05, 4.69) is 31.5 Å². The van der Waals surface area contributed by atoms with E-state index in [0.29, 0.717) is 24.2 Å². The summed E-state index contributed by atoms with van der Waals surface area (Å²) >= 11 is 3.43. The number of halogens is 1. The highest BCUT2D eigenvalue weighted by atomic mass is 79.9. The maximum Gasteiger partial charge on any atom is 0.322 e.